The topological polar surface area (TPSA) is 56.0 Å². The molecule has 0 fully saturated rings. The van der Waals surface area contributed by atoms with Crippen LogP contribution in [0.25, 0.3) is 12.2 Å². The summed E-state index contributed by atoms with van der Waals surface area (Å²) >= 11 is 0. The fraction of sp³-hybridized carbons (Fsp3) is 0.231. The number of hydrogen-bond donors (Lipinski definition) is 0. The Bertz CT molecular complexity index is 573. The van der Waals surface area contributed by atoms with Gasteiger partial charge in [0.1, 0.15) is 0 Å². The maximum atomic E-state index is 11.2. The van der Waals surface area contributed by atoms with Crippen molar-refractivity contribution < 1.29 is 8.73 Å². The Morgan fingerprint density at radius 1 is 1.28 bits per heavy atom. The van der Waals surface area contributed by atoms with Gasteiger partial charge in [-0.15, -0.1) is 0 Å². The average molecular weight is 262 g/mol. The first-order valence-electron chi connectivity index (χ1n) is 5.63. The smallest absolute Gasteiger partial charge is 0.226 e. The van der Waals surface area contributed by atoms with E-state index in [1.165, 1.54) is 0 Å². The van der Waals surface area contributed by atoms with Crippen LogP contribution in [0.3, 0.4) is 0 Å². The van der Waals surface area contributed by atoms with Gasteiger partial charge in [-0.05, 0) is 23.8 Å². The minimum atomic E-state index is -0.939. The van der Waals surface area contributed by atoms with Gasteiger partial charge in [-0.1, -0.05) is 30.3 Å². The van der Waals surface area contributed by atoms with E-state index in [1.54, 1.807) is 12.3 Å². The van der Waals surface area contributed by atoms with Crippen LogP contribution in [0.5, 0.6) is 0 Å². The van der Waals surface area contributed by atoms with Crippen LogP contribution in [-0.2, 0) is 17.2 Å². The van der Waals surface area contributed by atoms with Crippen molar-refractivity contribution in [1.29, 1.82) is 0 Å². The summed E-state index contributed by atoms with van der Waals surface area (Å²) in [5, 5.41) is 3.83. The first-order valence-corrected chi connectivity index (χ1v) is 7.19. The average Bonchev–Trinajstić information content (AvgIpc) is 2.85. The summed E-state index contributed by atoms with van der Waals surface area (Å²) < 4.78 is 16.2. The summed E-state index contributed by atoms with van der Waals surface area (Å²) in [5.41, 5.74) is 1.01. The molecule has 18 heavy (non-hydrogen) atoms. The highest BCUT2D eigenvalue weighted by atomic mass is 32.2. The molecule has 0 aliphatic heterocycles. The standard InChI is InChI=1S/C13H14N2O2S/c1-3-13-14-12(15-17-13)9-6-10-4-7-11(8-5-10)18(2)16/h4-9H,3H2,1-2H3/b9-6+. The molecule has 1 unspecified atom stereocenters. The normalized spacial score (nSPS) is 13.0. The van der Waals surface area contributed by atoms with Gasteiger partial charge in [0.25, 0.3) is 0 Å². The van der Waals surface area contributed by atoms with E-state index in [9.17, 15) is 4.21 Å². The highest BCUT2D eigenvalue weighted by molar-refractivity contribution is 7.84. The molecule has 1 heterocycles. The molecule has 4 nitrogen and oxygen atoms in total. The summed E-state index contributed by atoms with van der Waals surface area (Å²) in [6, 6.07) is 7.52. The van der Waals surface area contributed by atoms with Gasteiger partial charge in [-0.25, -0.2) is 0 Å². The second-order valence-electron chi connectivity index (χ2n) is 3.76. The van der Waals surface area contributed by atoms with E-state index in [2.05, 4.69) is 10.1 Å². The Kier molecular flexibility index (Phi) is 4.04. The van der Waals surface area contributed by atoms with E-state index in [-0.39, 0.29) is 0 Å². The van der Waals surface area contributed by atoms with Crippen LogP contribution < -0.4 is 0 Å². The predicted molar refractivity (Wildman–Crippen MR) is 71.4 cm³/mol. The lowest BCUT2D eigenvalue weighted by Crippen LogP contribution is -1.86. The van der Waals surface area contributed by atoms with E-state index in [4.69, 9.17) is 4.52 Å². The van der Waals surface area contributed by atoms with Crippen molar-refractivity contribution in [3.05, 3.63) is 41.5 Å². The molecule has 94 valence electrons. The first kappa shape index (κ1) is 12.7. The first-order chi connectivity index (χ1) is 8.69. The maximum Gasteiger partial charge on any atom is 0.226 e. The Hall–Kier alpha value is -1.75. The quantitative estimate of drug-likeness (QED) is 0.849. The van der Waals surface area contributed by atoms with Crippen LogP contribution in [0.2, 0.25) is 0 Å². The molecule has 0 N–H and O–H groups in total. The number of hydrogen-bond acceptors (Lipinski definition) is 4. The summed E-state index contributed by atoms with van der Waals surface area (Å²) in [7, 11) is -0.939. The van der Waals surface area contributed by atoms with Crippen molar-refractivity contribution in [2.75, 3.05) is 6.26 Å². The van der Waals surface area contributed by atoms with Crippen molar-refractivity contribution in [2.45, 2.75) is 18.2 Å². The molecule has 0 aliphatic rings. The summed E-state index contributed by atoms with van der Waals surface area (Å²) in [6.07, 6.45) is 6.08. The minimum Gasteiger partial charge on any atom is -0.339 e. The number of aromatic nitrogens is 2. The van der Waals surface area contributed by atoms with E-state index < -0.39 is 10.8 Å². The summed E-state index contributed by atoms with van der Waals surface area (Å²) in [5.74, 6) is 1.20. The Labute approximate surface area is 108 Å². The van der Waals surface area contributed by atoms with Gasteiger partial charge >= 0.3 is 0 Å². The Morgan fingerprint density at radius 3 is 2.56 bits per heavy atom. The van der Waals surface area contributed by atoms with Crippen LogP contribution in [0, 0.1) is 0 Å². The number of rotatable bonds is 4. The van der Waals surface area contributed by atoms with Crippen LogP contribution in [0.4, 0.5) is 0 Å². The molecule has 0 bridgehead atoms. The van der Waals surface area contributed by atoms with Crippen molar-refractivity contribution in [1.82, 2.24) is 10.1 Å². The molecule has 0 radical (unpaired) electrons. The van der Waals surface area contributed by atoms with Crippen LogP contribution >= 0.6 is 0 Å². The van der Waals surface area contributed by atoms with Gasteiger partial charge in [0, 0.05) is 28.4 Å². The molecule has 5 heteroatoms. The lowest BCUT2D eigenvalue weighted by Gasteiger charge is -1.96. The van der Waals surface area contributed by atoms with Crippen LogP contribution in [0.1, 0.15) is 24.2 Å². The molecule has 1 atom stereocenters. The van der Waals surface area contributed by atoms with E-state index in [1.807, 2.05) is 37.3 Å². The zero-order valence-corrected chi connectivity index (χ0v) is 11.1. The zero-order valence-electron chi connectivity index (χ0n) is 10.3. The van der Waals surface area contributed by atoms with Gasteiger partial charge in [-0.2, -0.15) is 4.98 Å². The molecule has 0 aliphatic carbocycles. The molecule has 0 saturated heterocycles. The van der Waals surface area contributed by atoms with Crippen molar-refractivity contribution >= 4 is 23.0 Å². The van der Waals surface area contributed by atoms with Crippen molar-refractivity contribution in [2.24, 2.45) is 0 Å². The predicted octanol–water partition coefficient (Wildman–Crippen LogP) is 2.54. The minimum absolute atomic E-state index is 0.565. The number of nitrogens with zero attached hydrogens (tertiary/aromatic N) is 2. The van der Waals surface area contributed by atoms with Gasteiger partial charge in [0.15, 0.2) is 5.82 Å². The van der Waals surface area contributed by atoms with Crippen molar-refractivity contribution in [3.8, 4) is 0 Å². The molecule has 2 rings (SSSR count). The molecule has 0 spiro atoms. The fourth-order valence-electron chi connectivity index (χ4n) is 1.42. The maximum absolute atomic E-state index is 11.2. The molecular weight excluding hydrogens is 248 g/mol. The second-order valence-corrected chi connectivity index (χ2v) is 5.14. The van der Waals surface area contributed by atoms with Gasteiger partial charge in [-0.3, -0.25) is 4.21 Å². The molecule has 2 aromatic rings. The third kappa shape index (κ3) is 3.13. The van der Waals surface area contributed by atoms with Crippen molar-refractivity contribution in [3.63, 3.8) is 0 Å². The summed E-state index contributed by atoms with van der Waals surface area (Å²) in [4.78, 5) is 5.00. The molecule has 1 aromatic carbocycles. The fourth-order valence-corrected chi connectivity index (χ4v) is 1.94. The monoisotopic (exact) mass is 262 g/mol. The SMILES string of the molecule is CCc1nc(/C=C/c2ccc(S(C)=O)cc2)no1. The molecule has 0 amide bonds. The second kappa shape index (κ2) is 5.73. The number of aryl methyl sites for hydroxylation is 1. The molecule has 1 aromatic heterocycles. The number of benzene rings is 1. The van der Waals surface area contributed by atoms with E-state index in [0.717, 1.165) is 16.9 Å². The van der Waals surface area contributed by atoms with Gasteiger partial charge < -0.3 is 4.52 Å². The van der Waals surface area contributed by atoms with E-state index >= 15 is 0 Å². The Balaban J connectivity index is 2.11. The van der Waals surface area contributed by atoms with Gasteiger partial charge in [0.2, 0.25) is 5.89 Å². The molecule has 0 saturated carbocycles. The summed E-state index contributed by atoms with van der Waals surface area (Å²) in [6.45, 7) is 1.96. The lowest BCUT2D eigenvalue weighted by molar-refractivity contribution is 0.380. The molecular formula is C13H14N2O2S. The van der Waals surface area contributed by atoms with Crippen LogP contribution in [-0.4, -0.2) is 20.6 Å². The largest absolute Gasteiger partial charge is 0.339 e. The van der Waals surface area contributed by atoms with Gasteiger partial charge in [0.05, 0.1) is 0 Å². The lowest BCUT2D eigenvalue weighted by atomic mass is 10.2. The Morgan fingerprint density at radius 2 is 2.00 bits per heavy atom. The van der Waals surface area contributed by atoms with Crippen LogP contribution in [0.15, 0.2) is 33.7 Å². The van der Waals surface area contributed by atoms with E-state index in [0.29, 0.717) is 11.7 Å². The highest BCUT2D eigenvalue weighted by Crippen LogP contribution is 2.10. The third-order valence-corrected chi connectivity index (χ3v) is 3.36. The zero-order chi connectivity index (χ0) is 13.0. The highest BCUT2D eigenvalue weighted by Gasteiger charge is 2.00. The third-order valence-electron chi connectivity index (χ3n) is 2.42.